The molecule has 2 heterocycles. The molecule has 1 amide bonds. The highest BCUT2D eigenvalue weighted by atomic mass is 19.2. The molecule has 0 unspecified atom stereocenters. The molecule has 0 spiro atoms. The summed E-state index contributed by atoms with van der Waals surface area (Å²) in [5.74, 6) is -1.73. The Hall–Kier alpha value is -2.28. The monoisotopic (exact) mass is 349 g/mol. The number of aromatic nitrogens is 2. The molecule has 7 heteroatoms. The van der Waals surface area contributed by atoms with Gasteiger partial charge in [-0.15, -0.1) is 0 Å². The lowest BCUT2D eigenvalue weighted by atomic mass is 10.1. The lowest BCUT2D eigenvalue weighted by Gasteiger charge is -2.20. The van der Waals surface area contributed by atoms with Gasteiger partial charge in [-0.2, -0.15) is 0 Å². The summed E-state index contributed by atoms with van der Waals surface area (Å²) in [6, 6.07) is 3.63. The van der Waals surface area contributed by atoms with Gasteiger partial charge < -0.3 is 14.6 Å². The number of rotatable bonds is 2. The van der Waals surface area contributed by atoms with E-state index < -0.39 is 17.2 Å². The van der Waals surface area contributed by atoms with Gasteiger partial charge in [0.05, 0.1) is 12.3 Å². The minimum Gasteiger partial charge on any atom is -0.375 e. The van der Waals surface area contributed by atoms with Crippen molar-refractivity contribution in [2.24, 2.45) is 0 Å². The summed E-state index contributed by atoms with van der Waals surface area (Å²) in [5.41, 5.74) is 0.925. The van der Waals surface area contributed by atoms with Gasteiger partial charge in [-0.05, 0) is 45.4 Å². The number of carbonyl (C=O) groups is 1. The molecule has 1 aliphatic rings. The predicted molar refractivity (Wildman–Crippen MR) is 89.1 cm³/mol. The molecular weight excluding hydrogens is 328 g/mol. The summed E-state index contributed by atoms with van der Waals surface area (Å²) < 4.78 is 34.3. The normalized spacial score (nSPS) is 14.8. The number of carbonyl (C=O) groups excluding carboxylic acids is 1. The van der Waals surface area contributed by atoms with Gasteiger partial charge in [-0.3, -0.25) is 4.79 Å². The SMILES string of the molecule is CC(C)(C)NC(=O)c1nc(-c2ccc(F)c(F)c2)n2c1COCCC2. The summed E-state index contributed by atoms with van der Waals surface area (Å²) >= 11 is 0. The Morgan fingerprint density at radius 1 is 1.28 bits per heavy atom. The smallest absolute Gasteiger partial charge is 0.272 e. The zero-order valence-electron chi connectivity index (χ0n) is 14.5. The number of nitrogens with zero attached hydrogens (tertiary/aromatic N) is 2. The number of benzene rings is 1. The Bertz CT molecular complexity index is 809. The molecule has 1 N–H and O–H groups in total. The first-order valence-corrected chi connectivity index (χ1v) is 8.21. The van der Waals surface area contributed by atoms with Crippen molar-refractivity contribution in [3.05, 3.63) is 41.2 Å². The van der Waals surface area contributed by atoms with E-state index in [1.165, 1.54) is 6.07 Å². The first kappa shape index (κ1) is 17.5. The molecule has 1 aromatic carbocycles. The third kappa shape index (κ3) is 3.71. The van der Waals surface area contributed by atoms with Crippen molar-refractivity contribution in [1.82, 2.24) is 14.9 Å². The van der Waals surface area contributed by atoms with E-state index in [4.69, 9.17) is 4.74 Å². The van der Waals surface area contributed by atoms with Crippen LogP contribution in [0, 0.1) is 11.6 Å². The number of hydrogen-bond acceptors (Lipinski definition) is 3. The van der Waals surface area contributed by atoms with Gasteiger partial charge in [0.15, 0.2) is 17.3 Å². The Morgan fingerprint density at radius 3 is 2.72 bits per heavy atom. The van der Waals surface area contributed by atoms with Gasteiger partial charge in [0.2, 0.25) is 0 Å². The van der Waals surface area contributed by atoms with Crippen LogP contribution in [0.2, 0.25) is 0 Å². The molecule has 0 radical (unpaired) electrons. The molecule has 1 aromatic heterocycles. The lowest BCUT2D eigenvalue weighted by molar-refractivity contribution is 0.0903. The maximum atomic E-state index is 13.6. The minimum atomic E-state index is -0.944. The number of halogens is 2. The Balaban J connectivity index is 2.10. The standard InChI is InChI=1S/C18H21F2N3O2/c1-18(2,3)22-17(24)15-14-10-25-8-4-7-23(14)16(21-15)11-5-6-12(19)13(20)9-11/h5-6,9H,4,7-8,10H2,1-3H3,(H,22,24). The van der Waals surface area contributed by atoms with Crippen LogP contribution < -0.4 is 5.32 Å². The molecule has 0 saturated carbocycles. The second kappa shape index (κ2) is 6.55. The van der Waals surface area contributed by atoms with Crippen molar-refractivity contribution in [2.75, 3.05) is 6.61 Å². The highest BCUT2D eigenvalue weighted by Crippen LogP contribution is 2.27. The largest absolute Gasteiger partial charge is 0.375 e. The highest BCUT2D eigenvalue weighted by molar-refractivity contribution is 5.94. The van der Waals surface area contributed by atoms with Gasteiger partial charge in [-0.1, -0.05) is 0 Å². The van der Waals surface area contributed by atoms with Crippen molar-refractivity contribution in [2.45, 2.75) is 45.9 Å². The molecule has 0 aliphatic carbocycles. The average Bonchev–Trinajstić information content (AvgIpc) is 2.71. The van der Waals surface area contributed by atoms with E-state index in [1.807, 2.05) is 25.3 Å². The van der Waals surface area contributed by atoms with Gasteiger partial charge in [0.1, 0.15) is 5.82 Å². The molecule has 5 nitrogen and oxygen atoms in total. The van der Waals surface area contributed by atoms with E-state index in [0.29, 0.717) is 30.2 Å². The van der Waals surface area contributed by atoms with Crippen molar-refractivity contribution >= 4 is 5.91 Å². The summed E-state index contributed by atoms with van der Waals surface area (Å²) in [4.78, 5) is 17.1. The molecule has 0 saturated heterocycles. The Morgan fingerprint density at radius 2 is 2.04 bits per heavy atom. The van der Waals surface area contributed by atoms with Crippen LogP contribution in [0.1, 0.15) is 43.4 Å². The number of hydrogen-bond donors (Lipinski definition) is 1. The van der Waals surface area contributed by atoms with Crippen molar-refractivity contribution in [3.8, 4) is 11.4 Å². The molecule has 134 valence electrons. The average molecular weight is 349 g/mol. The fourth-order valence-corrected chi connectivity index (χ4v) is 2.80. The van der Waals surface area contributed by atoms with Crippen molar-refractivity contribution in [3.63, 3.8) is 0 Å². The molecule has 2 aromatic rings. The van der Waals surface area contributed by atoms with Crippen LogP contribution >= 0.6 is 0 Å². The number of amides is 1. The number of fused-ring (bicyclic) bond motifs is 1. The summed E-state index contributed by atoms with van der Waals surface area (Å²) in [6.07, 6.45) is 0.750. The van der Waals surface area contributed by atoms with E-state index in [0.717, 1.165) is 18.6 Å². The predicted octanol–water partition coefficient (Wildman–Crippen LogP) is 3.28. The number of imidazole rings is 1. The van der Waals surface area contributed by atoms with Crippen LogP contribution in [0.5, 0.6) is 0 Å². The third-order valence-electron chi connectivity index (χ3n) is 3.86. The van der Waals surface area contributed by atoms with Gasteiger partial charge in [-0.25, -0.2) is 13.8 Å². The van der Waals surface area contributed by atoms with E-state index in [-0.39, 0.29) is 18.2 Å². The zero-order chi connectivity index (χ0) is 18.2. The van der Waals surface area contributed by atoms with E-state index in [9.17, 15) is 13.6 Å². The van der Waals surface area contributed by atoms with E-state index >= 15 is 0 Å². The van der Waals surface area contributed by atoms with E-state index in [1.54, 1.807) is 0 Å². The van der Waals surface area contributed by atoms with Crippen LogP contribution in [-0.4, -0.2) is 27.6 Å². The molecule has 25 heavy (non-hydrogen) atoms. The van der Waals surface area contributed by atoms with E-state index in [2.05, 4.69) is 10.3 Å². The second-order valence-corrected chi connectivity index (χ2v) is 7.12. The van der Waals surface area contributed by atoms with Crippen molar-refractivity contribution in [1.29, 1.82) is 0 Å². The summed E-state index contributed by atoms with van der Waals surface area (Å²) in [5, 5.41) is 2.89. The first-order valence-electron chi connectivity index (χ1n) is 8.21. The topological polar surface area (TPSA) is 56.2 Å². The fourth-order valence-electron chi connectivity index (χ4n) is 2.80. The maximum absolute atomic E-state index is 13.6. The van der Waals surface area contributed by atoms with Crippen LogP contribution in [0.4, 0.5) is 8.78 Å². The Kier molecular flexibility index (Phi) is 4.60. The molecule has 3 rings (SSSR count). The lowest BCUT2D eigenvalue weighted by Crippen LogP contribution is -2.41. The highest BCUT2D eigenvalue weighted by Gasteiger charge is 2.27. The molecule has 0 bridgehead atoms. The number of ether oxygens (including phenoxy) is 1. The first-order chi connectivity index (χ1) is 11.8. The maximum Gasteiger partial charge on any atom is 0.272 e. The van der Waals surface area contributed by atoms with Gasteiger partial charge >= 0.3 is 0 Å². The Labute approximate surface area is 145 Å². The quantitative estimate of drug-likeness (QED) is 0.905. The summed E-state index contributed by atoms with van der Waals surface area (Å²) in [7, 11) is 0. The molecular formula is C18H21F2N3O2. The number of nitrogens with one attached hydrogen (secondary N) is 1. The van der Waals surface area contributed by atoms with Gasteiger partial charge in [0, 0.05) is 24.3 Å². The fraction of sp³-hybridized carbons (Fsp3) is 0.444. The molecule has 0 fully saturated rings. The van der Waals surface area contributed by atoms with Crippen LogP contribution in [0.3, 0.4) is 0 Å². The van der Waals surface area contributed by atoms with Gasteiger partial charge in [0.25, 0.3) is 5.91 Å². The minimum absolute atomic E-state index is 0.254. The molecule has 0 atom stereocenters. The zero-order valence-corrected chi connectivity index (χ0v) is 14.5. The molecule has 1 aliphatic heterocycles. The van der Waals surface area contributed by atoms with Crippen LogP contribution in [0.15, 0.2) is 18.2 Å². The third-order valence-corrected chi connectivity index (χ3v) is 3.86. The van der Waals surface area contributed by atoms with Crippen LogP contribution in [-0.2, 0) is 17.9 Å². The summed E-state index contributed by atoms with van der Waals surface area (Å²) in [6.45, 7) is 7.06. The van der Waals surface area contributed by atoms with Crippen LogP contribution in [0.25, 0.3) is 11.4 Å². The van der Waals surface area contributed by atoms with Crippen molar-refractivity contribution < 1.29 is 18.3 Å². The second-order valence-electron chi connectivity index (χ2n) is 7.12.